The lowest BCUT2D eigenvalue weighted by Gasteiger charge is -2.20. The van der Waals surface area contributed by atoms with Gasteiger partial charge in [0.2, 0.25) is 0 Å². The average Bonchev–Trinajstić information content (AvgIpc) is 2.69. The Morgan fingerprint density at radius 1 is 1.18 bits per heavy atom. The molecule has 1 heterocycles. The number of amides is 1. The summed E-state index contributed by atoms with van der Waals surface area (Å²) < 4.78 is 14.1. The van der Waals surface area contributed by atoms with Gasteiger partial charge in [-0.15, -0.1) is 0 Å². The molecule has 1 saturated heterocycles. The van der Waals surface area contributed by atoms with Crippen LogP contribution >= 0.6 is 0 Å². The van der Waals surface area contributed by atoms with Crippen LogP contribution in [0, 0.1) is 0 Å². The van der Waals surface area contributed by atoms with Gasteiger partial charge < -0.3 is 14.2 Å². The van der Waals surface area contributed by atoms with Crippen molar-refractivity contribution in [2.24, 2.45) is 0 Å². The zero-order valence-electron chi connectivity index (χ0n) is 9.97. The molecule has 1 aliphatic heterocycles. The van der Waals surface area contributed by atoms with E-state index in [0.29, 0.717) is 0 Å². The second kappa shape index (κ2) is 5.51. The molecule has 96 valence electrons. The summed E-state index contributed by atoms with van der Waals surface area (Å²) in [5.41, 5.74) is 0. The molecular weight excluding hydrogens is 230 g/mol. The molecule has 0 bridgehead atoms. The van der Waals surface area contributed by atoms with Crippen molar-refractivity contribution in [3.63, 3.8) is 0 Å². The summed E-state index contributed by atoms with van der Waals surface area (Å²) in [5.74, 6) is -1.00. The third kappa shape index (κ3) is 3.08. The van der Waals surface area contributed by atoms with E-state index in [1.54, 1.807) is 0 Å². The topological polar surface area (TPSA) is 82.1 Å². The highest BCUT2D eigenvalue weighted by Crippen LogP contribution is 2.22. The third-order valence-corrected chi connectivity index (χ3v) is 2.48. The molecule has 0 aliphatic carbocycles. The molecule has 1 aliphatic rings. The van der Waals surface area contributed by atoms with Crippen LogP contribution in [-0.4, -0.2) is 55.8 Å². The molecule has 0 spiro atoms. The number of esters is 2. The first-order valence-corrected chi connectivity index (χ1v) is 5.09. The molecule has 7 nitrogen and oxygen atoms in total. The monoisotopic (exact) mass is 245 g/mol. The van der Waals surface area contributed by atoms with Gasteiger partial charge in [0, 0.05) is 13.3 Å². The quantitative estimate of drug-likeness (QED) is 0.500. The number of hydrogen-bond acceptors (Lipinski definition) is 6. The molecule has 1 amide bonds. The number of nitrogens with zero attached hydrogens (tertiary/aromatic N) is 1. The number of ether oxygens (including phenoxy) is 3. The van der Waals surface area contributed by atoms with Gasteiger partial charge in [0.05, 0.1) is 20.8 Å². The van der Waals surface area contributed by atoms with Crippen molar-refractivity contribution in [2.45, 2.75) is 25.5 Å². The van der Waals surface area contributed by atoms with Crippen LogP contribution in [0.15, 0.2) is 0 Å². The Balaban J connectivity index is 2.75. The maximum absolute atomic E-state index is 11.5. The van der Waals surface area contributed by atoms with Crippen LogP contribution in [-0.2, 0) is 23.8 Å². The van der Waals surface area contributed by atoms with Crippen LogP contribution in [0.2, 0.25) is 0 Å². The van der Waals surface area contributed by atoms with Gasteiger partial charge in [-0.2, -0.15) is 0 Å². The van der Waals surface area contributed by atoms with Gasteiger partial charge in [0.25, 0.3) is 0 Å². The highest BCUT2D eigenvalue weighted by atomic mass is 16.6. The van der Waals surface area contributed by atoms with Gasteiger partial charge in [-0.25, -0.2) is 9.59 Å². The van der Waals surface area contributed by atoms with Crippen molar-refractivity contribution in [1.82, 2.24) is 4.90 Å². The van der Waals surface area contributed by atoms with E-state index in [2.05, 4.69) is 9.47 Å². The fourth-order valence-corrected chi connectivity index (χ4v) is 1.80. The van der Waals surface area contributed by atoms with E-state index in [4.69, 9.17) is 4.74 Å². The van der Waals surface area contributed by atoms with Gasteiger partial charge in [-0.1, -0.05) is 0 Å². The molecule has 2 atom stereocenters. The van der Waals surface area contributed by atoms with Crippen molar-refractivity contribution in [3.8, 4) is 0 Å². The molecule has 0 aromatic heterocycles. The smallest absolute Gasteiger partial charge is 0.410 e. The Hall–Kier alpha value is -1.79. The predicted octanol–water partition coefficient (Wildman–Crippen LogP) is -0.0682. The fourth-order valence-electron chi connectivity index (χ4n) is 1.80. The van der Waals surface area contributed by atoms with Gasteiger partial charge in [-0.3, -0.25) is 9.69 Å². The predicted molar refractivity (Wildman–Crippen MR) is 55.1 cm³/mol. The third-order valence-electron chi connectivity index (χ3n) is 2.48. The Labute approximate surface area is 98.6 Å². The number of carbonyl (C=O) groups excluding carboxylic acids is 3. The van der Waals surface area contributed by atoms with Crippen molar-refractivity contribution >= 4 is 18.0 Å². The Bertz CT molecular complexity index is 305. The Morgan fingerprint density at radius 3 is 2.29 bits per heavy atom. The molecule has 0 aromatic rings. The van der Waals surface area contributed by atoms with E-state index >= 15 is 0 Å². The molecule has 0 radical (unpaired) electrons. The van der Waals surface area contributed by atoms with E-state index in [1.165, 1.54) is 26.0 Å². The molecule has 1 rings (SSSR count). The van der Waals surface area contributed by atoms with Crippen molar-refractivity contribution in [1.29, 1.82) is 0 Å². The van der Waals surface area contributed by atoms with E-state index < -0.39 is 30.2 Å². The Morgan fingerprint density at radius 2 is 1.82 bits per heavy atom. The minimum atomic E-state index is -0.767. The van der Waals surface area contributed by atoms with E-state index in [-0.39, 0.29) is 13.0 Å². The molecule has 7 heteroatoms. The van der Waals surface area contributed by atoms with Crippen LogP contribution in [0.1, 0.15) is 13.3 Å². The van der Waals surface area contributed by atoms with Crippen molar-refractivity contribution in [3.05, 3.63) is 0 Å². The first kappa shape index (κ1) is 13.3. The Kier molecular flexibility index (Phi) is 4.30. The molecule has 0 aromatic carbocycles. The lowest BCUT2D eigenvalue weighted by atomic mass is 10.2. The molecule has 0 unspecified atom stereocenters. The number of methoxy groups -OCH3 is 2. The summed E-state index contributed by atoms with van der Waals surface area (Å²) >= 11 is 0. The van der Waals surface area contributed by atoms with Gasteiger partial charge in [-0.05, 0) is 0 Å². The lowest BCUT2D eigenvalue weighted by Crippen LogP contribution is -2.41. The number of carbonyl (C=O) groups is 3. The second-order valence-corrected chi connectivity index (χ2v) is 3.63. The fraction of sp³-hybridized carbons (Fsp3) is 0.700. The van der Waals surface area contributed by atoms with Gasteiger partial charge in [0.15, 0.2) is 0 Å². The number of likely N-dealkylation sites (tertiary alicyclic amines) is 1. The van der Waals surface area contributed by atoms with Crippen LogP contribution < -0.4 is 0 Å². The molecule has 1 fully saturated rings. The van der Waals surface area contributed by atoms with E-state index in [1.807, 2.05) is 0 Å². The average molecular weight is 245 g/mol. The molecule has 0 saturated carbocycles. The van der Waals surface area contributed by atoms with E-state index in [9.17, 15) is 14.4 Å². The van der Waals surface area contributed by atoms with Gasteiger partial charge in [0.1, 0.15) is 12.1 Å². The highest BCUT2D eigenvalue weighted by molar-refractivity contribution is 5.82. The van der Waals surface area contributed by atoms with Crippen LogP contribution in [0.25, 0.3) is 0 Å². The number of hydrogen-bond donors (Lipinski definition) is 0. The zero-order chi connectivity index (χ0) is 13.0. The summed E-state index contributed by atoms with van der Waals surface area (Å²) in [4.78, 5) is 34.9. The molecular formula is C10H15NO6. The number of rotatable bonds is 2. The van der Waals surface area contributed by atoms with Crippen molar-refractivity contribution in [2.75, 3.05) is 20.8 Å². The normalized spacial score (nSPS) is 23.1. The standard InChI is InChI=1S/C10H15NO6/c1-6(12)17-7-4-8(9(13)15-2)11(5-7)10(14)16-3/h7-8H,4-5H2,1-3H3/t7-,8-/m0/s1. The molecule has 0 N–H and O–H groups in total. The maximum atomic E-state index is 11.5. The lowest BCUT2D eigenvalue weighted by molar-refractivity contribution is -0.147. The van der Waals surface area contributed by atoms with Crippen LogP contribution in [0.3, 0.4) is 0 Å². The minimum Gasteiger partial charge on any atom is -0.467 e. The van der Waals surface area contributed by atoms with Crippen LogP contribution in [0.5, 0.6) is 0 Å². The summed E-state index contributed by atoms with van der Waals surface area (Å²) in [7, 11) is 2.45. The largest absolute Gasteiger partial charge is 0.467 e. The molecule has 17 heavy (non-hydrogen) atoms. The zero-order valence-corrected chi connectivity index (χ0v) is 9.97. The summed E-state index contributed by atoms with van der Waals surface area (Å²) in [6.07, 6.45) is -0.924. The van der Waals surface area contributed by atoms with Crippen molar-refractivity contribution < 1.29 is 28.6 Å². The maximum Gasteiger partial charge on any atom is 0.410 e. The minimum absolute atomic E-state index is 0.131. The first-order chi connectivity index (χ1) is 7.99. The van der Waals surface area contributed by atoms with E-state index in [0.717, 1.165) is 0 Å². The second-order valence-electron chi connectivity index (χ2n) is 3.63. The SMILES string of the molecule is COC(=O)[C@@H]1C[C@H](OC(C)=O)CN1C(=O)OC. The summed E-state index contributed by atoms with van der Waals surface area (Å²) in [6.45, 7) is 1.40. The van der Waals surface area contributed by atoms with Gasteiger partial charge >= 0.3 is 18.0 Å². The summed E-state index contributed by atoms with van der Waals surface area (Å²) in [5, 5.41) is 0. The highest BCUT2D eigenvalue weighted by Gasteiger charge is 2.42. The first-order valence-electron chi connectivity index (χ1n) is 5.09. The summed E-state index contributed by atoms with van der Waals surface area (Å²) in [6, 6.07) is -0.767. The van der Waals surface area contributed by atoms with Crippen LogP contribution in [0.4, 0.5) is 4.79 Å².